The van der Waals surface area contributed by atoms with Gasteiger partial charge in [-0.25, -0.2) is 4.79 Å². The molecule has 2 N–H and O–H groups in total. The molecule has 1 aromatic rings. The van der Waals surface area contributed by atoms with Crippen LogP contribution in [0.1, 0.15) is 40.0 Å². The summed E-state index contributed by atoms with van der Waals surface area (Å²) in [6, 6.07) is 4.27. The average molecular weight is 417 g/mol. The summed E-state index contributed by atoms with van der Waals surface area (Å²) >= 11 is 12.0. The van der Waals surface area contributed by atoms with Gasteiger partial charge in [-0.15, -0.1) is 0 Å². The molecule has 8 heteroatoms. The zero-order valence-corrected chi connectivity index (χ0v) is 17.5. The van der Waals surface area contributed by atoms with Crippen LogP contribution in [-0.4, -0.2) is 30.9 Å². The Morgan fingerprint density at radius 1 is 1.07 bits per heavy atom. The van der Waals surface area contributed by atoms with Crippen LogP contribution in [0, 0.1) is 11.8 Å². The molecule has 0 aliphatic heterocycles. The highest BCUT2D eigenvalue weighted by molar-refractivity contribution is 6.43. The lowest BCUT2D eigenvalue weighted by molar-refractivity contribution is -0.145. The number of amides is 2. The number of benzene rings is 1. The number of rotatable bonds is 9. The molecule has 0 aromatic heterocycles. The van der Waals surface area contributed by atoms with Crippen molar-refractivity contribution in [3.05, 3.63) is 28.2 Å². The van der Waals surface area contributed by atoms with Gasteiger partial charge >= 0.3 is 5.97 Å². The number of nitrogens with one attached hydrogen (secondary N) is 2. The molecule has 2 unspecified atom stereocenters. The molecule has 0 saturated heterocycles. The molecule has 2 atom stereocenters. The second kappa shape index (κ2) is 11.1. The van der Waals surface area contributed by atoms with Crippen molar-refractivity contribution in [3.63, 3.8) is 0 Å². The van der Waals surface area contributed by atoms with Gasteiger partial charge in [-0.2, -0.15) is 0 Å². The monoisotopic (exact) mass is 416 g/mol. The van der Waals surface area contributed by atoms with Crippen LogP contribution in [0.5, 0.6) is 0 Å². The molecule has 1 rings (SSSR count). The van der Waals surface area contributed by atoms with E-state index in [1.807, 2.05) is 13.8 Å². The third-order valence-electron chi connectivity index (χ3n) is 3.82. The van der Waals surface area contributed by atoms with Gasteiger partial charge in [-0.3, -0.25) is 9.59 Å². The largest absolute Gasteiger partial charge is 0.467 e. The second-order valence-electron chi connectivity index (χ2n) is 6.94. The van der Waals surface area contributed by atoms with Crippen molar-refractivity contribution in [2.45, 2.75) is 46.1 Å². The van der Waals surface area contributed by atoms with Gasteiger partial charge in [0.2, 0.25) is 11.8 Å². The fraction of sp³-hybridized carbons (Fsp3) is 0.526. The Bertz CT molecular complexity index is 680. The van der Waals surface area contributed by atoms with Crippen LogP contribution in [0.25, 0.3) is 0 Å². The van der Waals surface area contributed by atoms with Crippen LogP contribution in [-0.2, 0) is 19.1 Å². The summed E-state index contributed by atoms with van der Waals surface area (Å²) in [5.41, 5.74) is 0.425. The lowest BCUT2D eigenvalue weighted by Gasteiger charge is -2.19. The number of methoxy groups -OCH3 is 1. The van der Waals surface area contributed by atoms with E-state index in [2.05, 4.69) is 10.6 Å². The quantitative estimate of drug-likeness (QED) is 0.594. The number of carbonyl (C=O) groups is 3. The van der Waals surface area contributed by atoms with Crippen LogP contribution in [0.2, 0.25) is 10.0 Å². The Kier molecular flexibility index (Phi) is 9.60. The Morgan fingerprint density at radius 3 is 2.30 bits per heavy atom. The van der Waals surface area contributed by atoms with Crippen molar-refractivity contribution in [3.8, 4) is 0 Å². The Labute approximate surface area is 169 Å². The number of halogens is 2. The number of carbonyl (C=O) groups excluding carboxylic acids is 3. The third kappa shape index (κ3) is 8.18. The first-order valence-electron chi connectivity index (χ1n) is 8.75. The SMILES string of the molecule is COC(=O)C(CC(C)C)NC(=O)CC(C)CC(=O)Nc1cccc(Cl)c1Cl. The molecule has 1 aromatic carbocycles. The highest BCUT2D eigenvalue weighted by Crippen LogP contribution is 2.29. The molecule has 27 heavy (non-hydrogen) atoms. The zero-order valence-electron chi connectivity index (χ0n) is 16.0. The van der Waals surface area contributed by atoms with Gasteiger partial charge in [0, 0.05) is 12.8 Å². The van der Waals surface area contributed by atoms with E-state index in [1.54, 1.807) is 25.1 Å². The third-order valence-corrected chi connectivity index (χ3v) is 4.64. The first-order chi connectivity index (χ1) is 12.6. The van der Waals surface area contributed by atoms with Gasteiger partial charge < -0.3 is 15.4 Å². The molecule has 0 saturated carbocycles. The lowest BCUT2D eigenvalue weighted by atomic mass is 10.0. The fourth-order valence-corrected chi connectivity index (χ4v) is 2.94. The minimum absolute atomic E-state index is 0.113. The summed E-state index contributed by atoms with van der Waals surface area (Å²) in [5.74, 6) is -1.04. The van der Waals surface area contributed by atoms with E-state index in [1.165, 1.54) is 7.11 Å². The van der Waals surface area contributed by atoms with Crippen LogP contribution in [0.3, 0.4) is 0 Å². The van der Waals surface area contributed by atoms with E-state index in [4.69, 9.17) is 27.9 Å². The Hall–Kier alpha value is -1.79. The summed E-state index contributed by atoms with van der Waals surface area (Å²) in [6.45, 7) is 5.69. The summed E-state index contributed by atoms with van der Waals surface area (Å²) in [6.07, 6.45) is 0.728. The van der Waals surface area contributed by atoms with Gasteiger partial charge in [-0.1, -0.05) is 50.0 Å². The number of esters is 1. The van der Waals surface area contributed by atoms with E-state index in [0.29, 0.717) is 17.1 Å². The van der Waals surface area contributed by atoms with Crippen molar-refractivity contribution in [1.82, 2.24) is 5.32 Å². The topological polar surface area (TPSA) is 84.5 Å². The molecular weight excluding hydrogens is 391 g/mol. The highest BCUT2D eigenvalue weighted by Gasteiger charge is 2.23. The maximum Gasteiger partial charge on any atom is 0.328 e. The number of hydrogen-bond donors (Lipinski definition) is 2. The summed E-state index contributed by atoms with van der Waals surface area (Å²) in [5, 5.41) is 5.99. The van der Waals surface area contributed by atoms with Crippen molar-refractivity contribution in [2.24, 2.45) is 11.8 Å². The number of hydrogen-bond acceptors (Lipinski definition) is 4. The van der Waals surface area contributed by atoms with Gasteiger partial charge in [0.1, 0.15) is 6.04 Å². The molecule has 0 heterocycles. The average Bonchev–Trinajstić information content (AvgIpc) is 2.56. The van der Waals surface area contributed by atoms with Crippen LogP contribution in [0.4, 0.5) is 5.69 Å². The zero-order chi connectivity index (χ0) is 20.6. The molecular formula is C19H26Cl2N2O4. The molecule has 6 nitrogen and oxygen atoms in total. The van der Waals surface area contributed by atoms with Crippen molar-refractivity contribution in [2.75, 3.05) is 12.4 Å². The molecule has 0 aliphatic rings. The molecule has 2 amide bonds. The van der Waals surface area contributed by atoms with Crippen molar-refractivity contribution < 1.29 is 19.1 Å². The van der Waals surface area contributed by atoms with Crippen molar-refractivity contribution in [1.29, 1.82) is 0 Å². The highest BCUT2D eigenvalue weighted by atomic mass is 35.5. The molecule has 0 aliphatic carbocycles. The molecule has 0 radical (unpaired) electrons. The van der Waals surface area contributed by atoms with Crippen LogP contribution in [0.15, 0.2) is 18.2 Å². The van der Waals surface area contributed by atoms with E-state index in [0.717, 1.165) is 0 Å². The van der Waals surface area contributed by atoms with Gasteiger partial charge in [-0.05, 0) is 30.4 Å². The minimum Gasteiger partial charge on any atom is -0.467 e. The number of ether oxygens (including phenoxy) is 1. The summed E-state index contributed by atoms with van der Waals surface area (Å²) in [7, 11) is 1.29. The van der Waals surface area contributed by atoms with E-state index >= 15 is 0 Å². The number of anilines is 1. The molecule has 0 bridgehead atoms. The minimum atomic E-state index is -0.686. The van der Waals surface area contributed by atoms with Crippen LogP contribution < -0.4 is 10.6 Å². The maximum absolute atomic E-state index is 12.2. The Balaban J connectivity index is 2.55. The molecule has 0 spiro atoms. The summed E-state index contributed by atoms with van der Waals surface area (Å²) in [4.78, 5) is 36.2. The van der Waals surface area contributed by atoms with Gasteiger partial charge in [0.05, 0.1) is 22.8 Å². The van der Waals surface area contributed by atoms with E-state index in [-0.39, 0.29) is 41.5 Å². The molecule has 0 fully saturated rings. The van der Waals surface area contributed by atoms with Gasteiger partial charge in [0.15, 0.2) is 0 Å². The first kappa shape index (κ1) is 23.2. The van der Waals surface area contributed by atoms with Gasteiger partial charge in [0.25, 0.3) is 0 Å². The smallest absolute Gasteiger partial charge is 0.328 e. The van der Waals surface area contributed by atoms with Crippen molar-refractivity contribution >= 4 is 46.7 Å². The normalized spacial score (nSPS) is 13.0. The standard InChI is InChI=1S/C19H26Cl2N2O4/c1-11(2)8-15(19(26)27-4)23-17(25)10-12(3)9-16(24)22-14-7-5-6-13(20)18(14)21/h5-7,11-12,15H,8-10H2,1-4H3,(H,22,24)(H,23,25). The second-order valence-corrected chi connectivity index (χ2v) is 7.72. The Morgan fingerprint density at radius 2 is 1.70 bits per heavy atom. The van der Waals surface area contributed by atoms with E-state index in [9.17, 15) is 14.4 Å². The lowest BCUT2D eigenvalue weighted by Crippen LogP contribution is -2.42. The van der Waals surface area contributed by atoms with E-state index < -0.39 is 12.0 Å². The van der Waals surface area contributed by atoms with Crippen LogP contribution >= 0.6 is 23.2 Å². The molecule has 150 valence electrons. The fourth-order valence-electron chi connectivity index (χ4n) is 2.59. The first-order valence-corrected chi connectivity index (χ1v) is 9.50. The maximum atomic E-state index is 12.2. The summed E-state index contributed by atoms with van der Waals surface area (Å²) < 4.78 is 4.73. The predicted octanol–water partition coefficient (Wildman–Crippen LogP) is 4.05. The predicted molar refractivity (Wildman–Crippen MR) is 107 cm³/mol.